The summed E-state index contributed by atoms with van der Waals surface area (Å²) in [5.74, 6) is -1.36. The molecule has 0 radical (unpaired) electrons. The van der Waals surface area contributed by atoms with Gasteiger partial charge in [-0.15, -0.1) is 0 Å². The third-order valence-electron chi connectivity index (χ3n) is 6.73. The smallest absolute Gasteiger partial charge is 0.328 e. The van der Waals surface area contributed by atoms with Gasteiger partial charge < -0.3 is 10.2 Å². The highest BCUT2D eigenvalue weighted by atomic mass is 16.2. The van der Waals surface area contributed by atoms with E-state index in [1.54, 1.807) is 0 Å². The maximum absolute atomic E-state index is 13.3. The van der Waals surface area contributed by atoms with Gasteiger partial charge in [-0.1, -0.05) is 30.3 Å². The van der Waals surface area contributed by atoms with Crippen LogP contribution in [0.2, 0.25) is 0 Å². The quantitative estimate of drug-likeness (QED) is 0.611. The van der Waals surface area contributed by atoms with Crippen molar-refractivity contribution in [2.75, 3.05) is 29.9 Å². The predicted molar refractivity (Wildman–Crippen MR) is 121 cm³/mol. The molecule has 170 valence electrons. The average molecular weight is 447 g/mol. The molecule has 3 aliphatic heterocycles. The molecule has 2 saturated heterocycles. The molecule has 1 spiro atoms. The van der Waals surface area contributed by atoms with Crippen molar-refractivity contribution in [1.29, 1.82) is 0 Å². The highest BCUT2D eigenvalue weighted by molar-refractivity contribution is 6.20. The van der Waals surface area contributed by atoms with E-state index in [-0.39, 0.29) is 12.3 Å². The summed E-state index contributed by atoms with van der Waals surface area (Å²) in [7, 11) is 0. The molecule has 1 atom stereocenters. The summed E-state index contributed by atoms with van der Waals surface area (Å²) in [4.78, 5) is 54.3. The monoisotopic (exact) mass is 447 g/mol. The summed E-state index contributed by atoms with van der Waals surface area (Å²) in [6.07, 6.45) is 0.140. The molecule has 0 saturated carbocycles. The van der Waals surface area contributed by atoms with Gasteiger partial charge in [0, 0.05) is 44.5 Å². The van der Waals surface area contributed by atoms with Crippen LogP contribution in [0.25, 0.3) is 0 Å². The Hall–Kier alpha value is -3.72. The lowest BCUT2D eigenvalue weighted by atomic mass is 9.68. The van der Waals surface area contributed by atoms with E-state index < -0.39 is 29.3 Å². The number of nitrogens with zero attached hydrogens (tertiary/aromatic N) is 2. The second-order valence-corrected chi connectivity index (χ2v) is 8.84. The van der Waals surface area contributed by atoms with Gasteiger partial charge in [0.2, 0.25) is 17.7 Å². The number of hydrogen-bond acceptors (Lipinski definition) is 6. The van der Waals surface area contributed by atoms with Crippen LogP contribution in [-0.4, -0.2) is 54.3 Å². The van der Waals surface area contributed by atoms with Crippen LogP contribution >= 0.6 is 0 Å². The molecule has 33 heavy (non-hydrogen) atoms. The van der Waals surface area contributed by atoms with E-state index in [4.69, 9.17) is 0 Å². The van der Waals surface area contributed by atoms with Gasteiger partial charge in [0.15, 0.2) is 5.41 Å². The molecule has 1 unspecified atom stereocenters. The molecule has 9 nitrogen and oxygen atoms in total. The highest BCUT2D eigenvalue weighted by Crippen LogP contribution is 2.45. The van der Waals surface area contributed by atoms with Crippen LogP contribution in [-0.2, 0) is 27.3 Å². The third kappa shape index (κ3) is 3.64. The largest absolute Gasteiger partial charge is 0.364 e. The number of nitrogens with one attached hydrogen (secondary N) is 3. The zero-order valence-electron chi connectivity index (χ0n) is 18.3. The first-order chi connectivity index (χ1) is 15.9. The molecule has 3 heterocycles. The Kier molecular flexibility index (Phi) is 5.13. The van der Waals surface area contributed by atoms with Gasteiger partial charge in [0.05, 0.1) is 6.04 Å². The molecule has 5 rings (SSSR count). The lowest BCUT2D eigenvalue weighted by Crippen LogP contribution is -2.74. The Morgan fingerprint density at radius 2 is 1.79 bits per heavy atom. The zero-order chi connectivity index (χ0) is 23.2. The van der Waals surface area contributed by atoms with E-state index in [9.17, 15) is 19.2 Å². The van der Waals surface area contributed by atoms with E-state index in [1.165, 1.54) is 6.92 Å². The highest BCUT2D eigenvalue weighted by Gasteiger charge is 2.60. The van der Waals surface area contributed by atoms with Crippen molar-refractivity contribution in [2.45, 2.75) is 25.9 Å². The van der Waals surface area contributed by atoms with Crippen LogP contribution < -0.4 is 20.9 Å². The number of benzene rings is 2. The minimum atomic E-state index is -1.45. The van der Waals surface area contributed by atoms with Gasteiger partial charge in [0.1, 0.15) is 0 Å². The number of rotatable bonds is 3. The molecule has 0 aromatic heterocycles. The van der Waals surface area contributed by atoms with Crippen LogP contribution in [0.5, 0.6) is 0 Å². The Labute approximate surface area is 191 Å². The van der Waals surface area contributed by atoms with Gasteiger partial charge in [-0.3, -0.25) is 29.9 Å². The summed E-state index contributed by atoms with van der Waals surface area (Å²) in [5.41, 5.74) is 2.03. The third-order valence-corrected chi connectivity index (χ3v) is 6.73. The van der Waals surface area contributed by atoms with Crippen molar-refractivity contribution in [3.63, 3.8) is 0 Å². The molecule has 5 amide bonds. The molecule has 2 aromatic rings. The van der Waals surface area contributed by atoms with Crippen LogP contribution in [0.4, 0.5) is 16.2 Å². The van der Waals surface area contributed by atoms with Crippen molar-refractivity contribution in [1.82, 2.24) is 15.5 Å². The number of hydrogen-bond donors (Lipinski definition) is 3. The van der Waals surface area contributed by atoms with Crippen molar-refractivity contribution < 1.29 is 19.2 Å². The maximum Gasteiger partial charge on any atom is 0.328 e. The maximum atomic E-state index is 13.3. The predicted octanol–water partition coefficient (Wildman–Crippen LogP) is 1.24. The minimum absolute atomic E-state index is 0.140. The summed E-state index contributed by atoms with van der Waals surface area (Å²) >= 11 is 0. The van der Waals surface area contributed by atoms with E-state index in [2.05, 4.69) is 37.9 Å². The Balaban J connectivity index is 1.54. The fraction of sp³-hybridized carbons (Fsp3) is 0.333. The fourth-order valence-electron chi connectivity index (χ4n) is 5.27. The van der Waals surface area contributed by atoms with E-state index in [0.29, 0.717) is 25.3 Å². The Bertz CT molecular complexity index is 1130. The van der Waals surface area contributed by atoms with Crippen molar-refractivity contribution in [3.8, 4) is 0 Å². The zero-order valence-corrected chi connectivity index (χ0v) is 18.3. The Morgan fingerprint density at radius 3 is 2.48 bits per heavy atom. The number of amides is 5. The molecule has 2 fully saturated rings. The van der Waals surface area contributed by atoms with Gasteiger partial charge in [0.25, 0.3) is 0 Å². The molecular weight excluding hydrogens is 422 g/mol. The summed E-state index contributed by atoms with van der Waals surface area (Å²) in [5, 5.41) is 7.40. The number of urea groups is 1. The lowest BCUT2D eigenvalue weighted by Gasteiger charge is -2.54. The number of fused-ring (bicyclic) bond motifs is 4. The number of carbonyl (C=O) groups excluding carboxylic acids is 4. The number of anilines is 2. The molecule has 0 aliphatic carbocycles. The van der Waals surface area contributed by atoms with Gasteiger partial charge in [-0.2, -0.15) is 0 Å². The summed E-state index contributed by atoms with van der Waals surface area (Å²) in [6.45, 7) is 4.02. The van der Waals surface area contributed by atoms with Gasteiger partial charge in [-0.25, -0.2) is 4.79 Å². The summed E-state index contributed by atoms with van der Waals surface area (Å²) < 4.78 is 0. The van der Waals surface area contributed by atoms with E-state index in [0.717, 1.165) is 23.4 Å². The van der Waals surface area contributed by atoms with Crippen LogP contribution in [0.1, 0.15) is 18.1 Å². The van der Waals surface area contributed by atoms with Crippen LogP contribution in [0, 0.1) is 5.41 Å². The number of carbonyl (C=O) groups is 4. The molecule has 3 aliphatic rings. The van der Waals surface area contributed by atoms with Gasteiger partial charge >= 0.3 is 6.03 Å². The normalized spacial score (nSPS) is 21.7. The second kappa shape index (κ2) is 8.00. The van der Waals surface area contributed by atoms with Crippen molar-refractivity contribution in [2.24, 2.45) is 5.41 Å². The second-order valence-electron chi connectivity index (χ2n) is 8.84. The van der Waals surface area contributed by atoms with Crippen LogP contribution in [0.15, 0.2) is 48.5 Å². The summed E-state index contributed by atoms with van der Waals surface area (Å²) in [6, 6.07) is 14.4. The SMILES string of the molecule is CC(=O)Nc1ccc2c(c1)CC1(C(=O)NC(=O)NC1=O)C1CN(Cc3ccccc3)CCN21. The van der Waals surface area contributed by atoms with Crippen LogP contribution in [0.3, 0.4) is 0 Å². The topological polar surface area (TPSA) is 111 Å². The standard InChI is InChI=1S/C24H25N5O4/c1-15(30)25-18-7-8-19-17(11-18)12-24(21(31)26-23(33)27-22(24)32)20-14-28(9-10-29(19)20)13-16-5-3-2-4-6-16/h2-8,11,20H,9-10,12-14H2,1H3,(H,25,30)(H2,26,27,31,32,33). The number of piperazine rings is 1. The molecule has 3 N–H and O–H groups in total. The lowest BCUT2D eigenvalue weighted by molar-refractivity contribution is -0.147. The fourth-order valence-corrected chi connectivity index (χ4v) is 5.27. The Morgan fingerprint density at radius 1 is 1.06 bits per heavy atom. The van der Waals surface area contributed by atoms with E-state index in [1.807, 2.05) is 36.4 Å². The number of barbiturate groups is 1. The average Bonchev–Trinajstić information content (AvgIpc) is 2.77. The van der Waals surface area contributed by atoms with Crippen molar-refractivity contribution in [3.05, 3.63) is 59.7 Å². The van der Waals surface area contributed by atoms with Gasteiger partial charge in [-0.05, 0) is 35.7 Å². The first kappa shape index (κ1) is 21.1. The molecule has 9 heteroatoms. The molecule has 0 bridgehead atoms. The first-order valence-electron chi connectivity index (χ1n) is 11.0. The molecular formula is C24H25N5O4. The first-order valence-corrected chi connectivity index (χ1v) is 11.0. The molecule has 2 aromatic carbocycles. The van der Waals surface area contributed by atoms with E-state index >= 15 is 0 Å². The van der Waals surface area contributed by atoms with Crippen molar-refractivity contribution >= 4 is 35.1 Å². The minimum Gasteiger partial charge on any atom is -0.364 e. The number of imide groups is 2.